The molecule has 0 aliphatic heterocycles. The molecule has 0 aromatic carbocycles. The third-order valence-corrected chi connectivity index (χ3v) is 9.69. The van der Waals surface area contributed by atoms with Gasteiger partial charge in [0, 0.05) is 12.8 Å². The van der Waals surface area contributed by atoms with E-state index in [4.69, 9.17) is 19.1 Å². The van der Waals surface area contributed by atoms with Crippen LogP contribution in [-0.2, 0) is 32.7 Å². The Morgan fingerprint density at radius 3 is 1.50 bits per heavy atom. The highest BCUT2D eigenvalue weighted by molar-refractivity contribution is 7.47. The summed E-state index contributed by atoms with van der Waals surface area (Å²) in [6.45, 7) is 2.29. The molecule has 3 N–H and O–H groups in total. The van der Waals surface area contributed by atoms with Gasteiger partial charge in [-0.25, -0.2) is 4.57 Å². The Labute approximate surface area is 328 Å². The molecule has 0 saturated heterocycles. The van der Waals surface area contributed by atoms with E-state index in [9.17, 15) is 24.2 Å². The molecule has 0 rings (SSSR count). The van der Waals surface area contributed by atoms with Crippen LogP contribution in [0.4, 0.5) is 0 Å². The Kier molecular flexibility index (Phi) is 37.7. The number of hydrogen-bond acceptors (Lipinski definition) is 9. The number of phosphoric ester groups is 1. The lowest BCUT2D eigenvalue weighted by Crippen LogP contribution is -2.29. The van der Waals surface area contributed by atoms with Crippen molar-refractivity contribution in [3.63, 3.8) is 0 Å². The molecule has 0 saturated carbocycles. The van der Waals surface area contributed by atoms with Crippen LogP contribution in [-0.4, -0.2) is 65.7 Å². The van der Waals surface area contributed by atoms with Gasteiger partial charge < -0.3 is 24.6 Å². The van der Waals surface area contributed by atoms with Gasteiger partial charge in [-0.15, -0.1) is 0 Å². The van der Waals surface area contributed by atoms with Crippen LogP contribution in [0.2, 0.25) is 0 Å². The fraction of sp³-hybridized carbons (Fsp3) is 0.767. The van der Waals surface area contributed by atoms with Gasteiger partial charge >= 0.3 is 19.8 Å². The minimum Gasteiger partial charge on any atom is -0.462 e. The Hall–Kier alpha value is -2.07. The summed E-state index contributed by atoms with van der Waals surface area (Å²) in [5.41, 5.74) is 0. The molecule has 314 valence electrons. The first kappa shape index (κ1) is 51.9. The highest BCUT2D eigenvalue weighted by Crippen LogP contribution is 2.43. The quantitative estimate of drug-likeness (QED) is 0.0238. The minimum atomic E-state index is -4.63. The highest BCUT2D eigenvalue weighted by Gasteiger charge is 2.27. The van der Waals surface area contributed by atoms with Crippen LogP contribution >= 0.6 is 7.82 Å². The first-order valence-electron chi connectivity index (χ1n) is 21.1. The molecule has 54 heavy (non-hydrogen) atoms. The Balaban J connectivity index is 4.40. The molecule has 3 atom stereocenters. The number of rotatable bonds is 39. The predicted molar refractivity (Wildman–Crippen MR) is 219 cm³/mol. The molecule has 0 bridgehead atoms. The molecule has 0 radical (unpaired) electrons. The number of phosphoric acid groups is 1. The van der Waals surface area contributed by atoms with Crippen molar-refractivity contribution in [3.8, 4) is 0 Å². The second kappa shape index (κ2) is 39.2. The molecule has 0 aliphatic carbocycles. The van der Waals surface area contributed by atoms with Gasteiger partial charge in [-0.05, 0) is 51.4 Å². The SMILES string of the molecule is CCCCC/C=C\C/C=C\C/C=C\C/C=C\CCCC(=O)OC[C@H](COP(=O)(O)OC[C@@H](O)CO)OC(=O)CCCCCCCCCCCCCCCC. The zero-order chi connectivity index (χ0) is 39.8. The zero-order valence-electron chi connectivity index (χ0n) is 33.9. The maximum atomic E-state index is 12.6. The molecule has 1 unspecified atom stereocenters. The molecule has 0 aliphatic rings. The van der Waals surface area contributed by atoms with Crippen molar-refractivity contribution in [2.75, 3.05) is 26.4 Å². The molecule has 0 amide bonds. The monoisotopic (exact) mass is 785 g/mol. The van der Waals surface area contributed by atoms with Gasteiger partial charge in [-0.3, -0.25) is 18.6 Å². The van der Waals surface area contributed by atoms with E-state index in [2.05, 4.69) is 60.9 Å². The maximum Gasteiger partial charge on any atom is 0.472 e. The van der Waals surface area contributed by atoms with Crippen molar-refractivity contribution >= 4 is 19.8 Å². The van der Waals surface area contributed by atoms with E-state index in [0.717, 1.165) is 44.9 Å². The van der Waals surface area contributed by atoms with Crippen LogP contribution in [0.15, 0.2) is 48.6 Å². The first-order chi connectivity index (χ1) is 26.2. The lowest BCUT2D eigenvalue weighted by Gasteiger charge is -2.20. The fourth-order valence-electron chi connectivity index (χ4n) is 5.46. The van der Waals surface area contributed by atoms with Crippen LogP contribution in [0.5, 0.6) is 0 Å². The molecule has 0 fully saturated rings. The summed E-state index contributed by atoms with van der Waals surface area (Å²) >= 11 is 0. The number of ether oxygens (including phenoxy) is 2. The summed E-state index contributed by atoms with van der Waals surface area (Å²) in [7, 11) is -4.63. The second-order valence-electron chi connectivity index (χ2n) is 14.0. The molecule has 0 spiro atoms. The number of allylic oxidation sites excluding steroid dienone is 8. The number of unbranched alkanes of at least 4 members (excludes halogenated alkanes) is 17. The van der Waals surface area contributed by atoms with Crippen LogP contribution in [0.25, 0.3) is 0 Å². The highest BCUT2D eigenvalue weighted by atomic mass is 31.2. The van der Waals surface area contributed by atoms with Gasteiger partial charge in [0.25, 0.3) is 0 Å². The number of aliphatic hydroxyl groups excluding tert-OH is 2. The number of aliphatic hydroxyl groups is 2. The van der Waals surface area contributed by atoms with Crippen LogP contribution in [0, 0.1) is 0 Å². The minimum absolute atomic E-state index is 0.166. The van der Waals surface area contributed by atoms with E-state index in [1.807, 2.05) is 6.08 Å². The smallest absolute Gasteiger partial charge is 0.462 e. The van der Waals surface area contributed by atoms with E-state index in [-0.39, 0.29) is 19.4 Å². The number of esters is 2. The number of carbonyl (C=O) groups is 2. The van der Waals surface area contributed by atoms with Gasteiger partial charge in [-0.1, -0.05) is 159 Å². The molecule has 10 nitrogen and oxygen atoms in total. The summed E-state index contributed by atoms with van der Waals surface area (Å²) < 4.78 is 32.6. The maximum absolute atomic E-state index is 12.6. The molecular weight excluding hydrogens is 707 g/mol. The van der Waals surface area contributed by atoms with Crippen LogP contribution in [0.1, 0.15) is 174 Å². The summed E-state index contributed by atoms with van der Waals surface area (Å²) in [5, 5.41) is 18.3. The lowest BCUT2D eigenvalue weighted by atomic mass is 10.0. The van der Waals surface area contributed by atoms with E-state index in [0.29, 0.717) is 19.3 Å². The van der Waals surface area contributed by atoms with Gasteiger partial charge in [-0.2, -0.15) is 0 Å². The van der Waals surface area contributed by atoms with E-state index >= 15 is 0 Å². The van der Waals surface area contributed by atoms with Gasteiger partial charge in [0.15, 0.2) is 6.10 Å². The molecule has 0 aromatic heterocycles. The largest absolute Gasteiger partial charge is 0.472 e. The Morgan fingerprint density at radius 1 is 0.556 bits per heavy atom. The van der Waals surface area contributed by atoms with Crippen molar-refractivity contribution in [1.29, 1.82) is 0 Å². The van der Waals surface area contributed by atoms with Crippen LogP contribution in [0.3, 0.4) is 0 Å². The summed E-state index contributed by atoms with van der Waals surface area (Å²) in [5.74, 6) is -0.989. The number of hydrogen-bond donors (Lipinski definition) is 3. The Morgan fingerprint density at radius 2 is 0.981 bits per heavy atom. The van der Waals surface area contributed by atoms with E-state index in [1.54, 1.807) is 0 Å². The van der Waals surface area contributed by atoms with Gasteiger partial charge in [0.1, 0.15) is 12.7 Å². The van der Waals surface area contributed by atoms with Crippen molar-refractivity contribution in [2.24, 2.45) is 0 Å². The van der Waals surface area contributed by atoms with E-state index < -0.39 is 51.8 Å². The average molecular weight is 785 g/mol. The standard InChI is InChI=1S/C43H77O10P/c1-3-5-7-9-11-13-15-17-19-20-21-23-24-26-28-30-32-34-42(46)50-38-41(39-52-54(48,49)51-37-40(45)36-44)53-43(47)35-33-31-29-27-25-22-18-16-14-12-10-8-6-4-2/h11,13,17,19,21,23,26,28,40-41,44-45H,3-10,12,14-16,18,20,22,24-25,27,29-39H2,1-2H3,(H,48,49)/b13-11-,19-17-,23-21-,28-26-/t40-,41+/m0/s1. The molecule has 11 heteroatoms. The van der Waals surface area contributed by atoms with Gasteiger partial charge in [0.05, 0.1) is 19.8 Å². The molecule has 0 heterocycles. The Bertz CT molecular complexity index is 1040. The lowest BCUT2D eigenvalue weighted by molar-refractivity contribution is -0.161. The van der Waals surface area contributed by atoms with Crippen molar-refractivity contribution in [3.05, 3.63) is 48.6 Å². The third-order valence-electron chi connectivity index (χ3n) is 8.74. The van der Waals surface area contributed by atoms with Crippen molar-refractivity contribution in [1.82, 2.24) is 0 Å². The van der Waals surface area contributed by atoms with Crippen molar-refractivity contribution in [2.45, 2.75) is 187 Å². The summed E-state index contributed by atoms with van der Waals surface area (Å²) in [6.07, 6.45) is 40.8. The van der Waals surface area contributed by atoms with Crippen molar-refractivity contribution < 1.29 is 47.8 Å². The topological polar surface area (TPSA) is 149 Å². The molecule has 0 aromatic rings. The normalized spacial score (nSPS) is 14.4. The number of carbonyl (C=O) groups excluding carboxylic acids is 2. The molecular formula is C43H77O10P. The summed E-state index contributed by atoms with van der Waals surface area (Å²) in [6, 6.07) is 0. The zero-order valence-corrected chi connectivity index (χ0v) is 34.8. The van der Waals surface area contributed by atoms with E-state index in [1.165, 1.54) is 83.5 Å². The predicted octanol–water partition coefficient (Wildman–Crippen LogP) is 10.9. The first-order valence-corrected chi connectivity index (χ1v) is 22.6. The summed E-state index contributed by atoms with van der Waals surface area (Å²) in [4.78, 5) is 34.9. The average Bonchev–Trinajstić information content (AvgIpc) is 3.16. The van der Waals surface area contributed by atoms with Gasteiger partial charge in [0.2, 0.25) is 0 Å². The van der Waals surface area contributed by atoms with Crippen LogP contribution < -0.4 is 0 Å². The fourth-order valence-corrected chi connectivity index (χ4v) is 6.25. The second-order valence-corrected chi connectivity index (χ2v) is 15.5. The third kappa shape index (κ3) is 38.2.